The lowest BCUT2D eigenvalue weighted by atomic mass is 10.1. The van der Waals surface area contributed by atoms with Gasteiger partial charge in [-0.3, -0.25) is 0 Å². The SMILES string of the molecule is Nc1nc2ccccc2c2c1ncn2Cc1ccccc1.O=C(O)C(F)(F)F. The van der Waals surface area contributed by atoms with E-state index in [2.05, 4.69) is 32.7 Å². The lowest BCUT2D eigenvalue weighted by Gasteiger charge is -2.07. The Hall–Kier alpha value is -3.62. The van der Waals surface area contributed by atoms with Crippen LogP contribution in [0.15, 0.2) is 60.9 Å². The molecule has 4 aromatic rings. The van der Waals surface area contributed by atoms with Crippen molar-refractivity contribution in [2.45, 2.75) is 12.7 Å². The van der Waals surface area contributed by atoms with Gasteiger partial charge in [-0.05, 0) is 11.6 Å². The molecule has 6 nitrogen and oxygen atoms in total. The molecule has 9 heteroatoms. The molecule has 0 spiro atoms. The van der Waals surface area contributed by atoms with Gasteiger partial charge in [-0.1, -0.05) is 48.5 Å². The number of alkyl halides is 3. The first-order valence-corrected chi connectivity index (χ1v) is 8.10. The number of carbonyl (C=O) groups is 1. The van der Waals surface area contributed by atoms with Gasteiger partial charge in [0.2, 0.25) is 0 Å². The van der Waals surface area contributed by atoms with Crippen molar-refractivity contribution in [1.82, 2.24) is 14.5 Å². The maximum atomic E-state index is 10.6. The van der Waals surface area contributed by atoms with Crippen LogP contribution in [0.5, 0.6) is 0 Å². The average Bonchev–Trinajstić information content (AvgIpc) is 3.07. The number of aliphatic carboxylic acids is 1. The van der Waals surface area contributed by atoms with Gasteiger partial charge in [0.15, 0.2) is 5.82 Å². The van der Waals surface area contributed by atoms with E-state index in [1.807, 2.05) is 42.7 Å². The quantitative estimate of drug-likeness (QED) is 0.544. The number of aromatic nitrogens is 3. The minimum atomic E-state index is -5.08. The molecule has 0 saturated heterocycles. The van der Waals surface area contributed by atoms with Crippen LogP contribution >= 0.6 is 0 Å². The summed E-state index contributed by atoms with van der Waals surface area (Å²) in [5, 5.41) is 8.20. The number of hydrogen-bond donors (Lipinski definition) is 2. The third-order valence-electron chi connectivity index (χ3n) is 3.92. The zero-order valence-electron chi connectivity index (χ0n) is 14.4. The topological polar surface area (TPSA) is 94.0 Å². The standard InChI is InChI=1S/C17H14N4.C2HF3O2/c18-17-15-16(13-8-4-5-9-14(13)20-17)21(11-19-15)10-12-6-2-1-3-7-12;3-2(4,5)1(6)7/h1-9,11H,10H2,(H2,18,20);(H,6,7). The molecule has 0 saturated carbocycles. The number of nitrogens with zero attached hydrogens (tertiary/aromatic N) is 3. The van der Waals surface area contributed by atoms with Crippen LogP contribution in [0.4, 0.5) is 19.0 Å². The third kappa shape index (κ3) is 4.03. The lowest BCUT2D eigenvalue weighted by Crippen LogP contribution is -2.21. The minimum absolute atomic E-state index is 0.482. The van der Waals surface area contributed by atoms with Gasteiger partial charge in [0, 0.05) is 11.9 Å². The molecule has 0 unspecified atom stereocenters. The monoisotopic (exact) mass is 388 g/mol. The number of fused-ring (bicyclic) bond motifs is 3. The number of pyridine rings is 1. The molecule has 3 N–H and O–H groups in total. The van der Waals surface area contributed by atoms with Crippen LogP contribution in [0.3, 0.4) is 0 Å². The average molecular weight is 388 g/mol. The summed E-state index contributed by atoms with van der Waals surface area (Å²) in [4.78, 5) is 17.8. The summed E-state index contributed by atoms with van der Waals surface area (Å²) in [7, 11) is 0. The van der Waals surface area contributed by atoms with Crippen molar-refractivity contribution in [3.8, 4) is 0 Å². The molecule has 2 aromatic heterocycles. The molecule has 0 amide bonds. The summed E-state index contributed by atoms with van der Waals surface area (Å²) in [6.45, 7) is 0.769. The highest BCUT2D eigenvalue weighted by molar-refractivity contribution is 6.06. The van der Waals surface area contributed by atoms with Crippen molar-refractivity contribution >= 4 is 33.7 Å². The second-order valence-corrected chi connectivity index (χ2v) is 5.87. The number of carboxylic acids is 1. The van der Waals surface area contributed by atoms with E-state index in [9.17, 15) is 13.2 Å². The fraction of sp³-hybridized carbons (Fsp3) is 0.105. The molecule has 0 aliphatic heterocycles. The lowest BCUT2D eigenvalue weighted by molar-refractivity contribution is -0.192. The molecule has 2 aromatic carbocycles. The normalized spacial score (nSPS) is 11.2. The Labute approximate surface area is 157 Å². The van der Waals surface area contributed by atoms with Gasteiger partial charge in [0.05, 0.1) is 17.4 Å². The molecule has 0 bridgehead atoms. The number of carboxylic acid groups (broad SMARTS) is 1. The summed E-state index contributed by atoms with van der Waals surface area (Å²) >= 11 is 0. The minimum Gasteiger partial charge on any atom is -0.475 e. The fourth-order valence-electron chi connectivity index (χ4n) is 2.71. The van der Waals surface area contributed by atoms with Crippen LogP contribution in [-0.2, 0) is 11.3 Å². The van der Waals surface area contributed by atoms with Gasteiger partial charge in [0.25, 0.3) is 0 Å². The van der Waals surface area contributed by atoms with Gasteiger partial charge in [-0.25, -0.2) is 14.8 Å². The summed E-state index contributed by atoms with van der Waals surface area (Å²) in [5.41, 5.74) is 9.99. The van der Waals surface area contributed by atoms with Crippen LogP contribution < -0.4 is 5.73 Å². The number of anilines is 1. The summed E-state index contributed by atoms with van der Waals surface area (Å²) < 4.78 is 33.9. The second kappa shape index (κ2) is 7.55. The molecule has 0 atom stereocenters. The number of nitrogens with two attached hydrogens (primary N) is 1. The van der Waals surface area contributed by atoms with E-state index in [-0.39, 0.29) is 0 Å². The van der Waals surface area contributed by atoms with Crippen molar-refractivity contribution < 1.29 is 23.1 Å². The van der Waals surface area contributed by atoms with Gasteiger partial charge >= 0.3 is 12.1 Å². The fourth-order valence-corrected chi connectivity index (χ4v) is 2.71. The number of para-hydroxylation sites is 1. The number of nitrogen functional groups attached to an aromatic ring is 1. The summed E-state index contributed by atoms with van der Waals surface area (Å²) in [6.07, 6.45) is -3.25. The maximum Gasteiger partial charge on any atom is 0.490 e. The number of hydrogen-bond acceptors (Lipinski definition) is 4. The molecule has 144 valence electrons. The maximum absolute atomic E-state index is 10.6. The molecular weight excluding hydrogens is 373 g/mol. The highest BCUT2D eigenvalue weighted by Gasteiger charge is 2.38. The van der Waals surface area contributed by atoms with Crippen molar-refractivity contribution in [2.75, 3.05) is 5.73 Å². The Balaban J connectivity index is 0.000000279. The Morgan fingerprint density at radius 2 is 1.68 bits per heavy atom. The number of halogens is 3. The van der Waals surface area contributed by atoms with Gasteiger partial charge in [-0.15, -0.1) is 0 Å². The third-order valence-corrected chi connectivity index (χ3v) is 3.92. The predicted molar refractivity (Wildman–Crippen MR) is 98.7 cm³/mol. The van der Waals surface area contributed by atoms with Crippen LogP contribution in [0, 0.1) is 0 Å². The number of benzene rings is 2. The molecule has 0 aliphatic rings. The molecule has 0 aliphatic carbocycles. The number of rotatable bonds is 2. The van der Waals surface area contributed by atoms with E-state index in [0.29, 0.717) is 5.82 Å². The van der Waals surface area contributed by atoms with E-state index in [1.165, 1.54) is 5.56 Å². The molecule has 28 heavy (non-hydrogen) atoms. The summed E-state index contributed by atoms with van der Waals surface area (Å²) in [5.74, 6) is -2.27. The van der Waals surface area contributed by atoms with Crippen LogP contribution in [0.25, 0.3) is 21.9 Å². The van der Waals surface area contributed by atoms with E-state index in [0.717, 1.165) is 28.5 Å². The first-order chi connectivity index (χ1) is 13.3. The van der Waals surface area contributed by atoms with E-state index in [1.54, 1.807) is 0 Å². The van der Waals surface area contributed by atoms with E-state index >= 15 is 0 Å². The van der Waals surface area contributed by atoms with E-state index < -0.39 is 12.1 Å². The molecule has 2 heterocycles. The van der Waals surface area contributed by atoms with Crippen molar-refractivity contribution in [3.63, 3.8) is 0 Å². The Kier molecular flexibility index (Phi) is 5.16. The van der Waals surface area contributed by atoms with Crippen molar-refractivity contribution in [3.05, 3.63) is 66.5 Å². The first kappa shape index (κ1) is 19.2. The molecular formula is C19H15F3N4O2. The van der Waals surface area contributed by atoms with Crippen molar-refractivity contribution in [2.24, 2.45) is 0 Å². The van der Waals surface area contributed by atoms with Crippen LogP contribution in [0.2, 0.25) is 0 Å². The predicted octanol–water partition coefficient (Wildman–Crippen LogP) is 3.85. The zero-order valence-corrected chi connectivity index (χ0v) is 14.4. The Bertz CT molecular complexity index is 1120. The molecule has 0 radical (unpaired) electrons. The smallest absolute Gasteiger partial charge is 0.475 e. The molecule has 4 rings (SSSR count). The van der Waals surface area contributed by atoms with Crippen LogP contribution in [-0.4, -0.2) is 31.8 Å². The van der Waals surface area contributed by atoms with Gasteiger partial charge < -0.3 is 15.4 Å². The molecule has 0 fully saturated rings. The highest BCUT2D eigenvalue weighted by Crippen LogP contribution is 2.27. The Morgan fingerprint density at radius 3 is 2.32 bits per heavy atom. The highest BCUT2D eigenvalue weighted by atomic mass is 19.4. The summed E-state index contributed by atoms with van der Waals surface area (Å²) in [6, 6.07) is 18.4. The van der Waals surface area contributed by atoms with Crippen molar-refractivity contribution in [1.29, 1.82) is 0 Å². The van der Waals surface area contributed by atoms with Crippen LogP contribution in [0.1, 0.15) is 5.56 Å². The van der Waals surface area contributed by atoms with Gasteiger partial charge in [0.1, 0.15) is 5.52 Å². The van der Waals surface area contributed by atoms with E-state index in [4.69, 9.17) is 15.6 Å². The zero-order chi connectivity index (χ0) is 20.3. The Morgan fingerprint density at radius 1 is 1.07 bits per heavy atom. The first-order valence-electron chi connectivity index (χ1n) is 8.10. The number of imidazole rings is 1. The largest absolute Gasteiger partial charge is 0.490 e. The second-order valence-electron chi connectivity index (χ2n) is 5.87. The van der Waals surface area contributed by atoms with Gasteiger partial charge in [-0.2, -0.15) is 13.2 Å².